The predicted molar refractivity (Wildman–Crippen MR) is 68.6 cm³/mol. The maximum Gasteiger partial charge on any atom is 0.0630 e. The van der Waals surface area contributed by atoms with Gasteiger partial charge in [0.05, 0.1) is 17.6 Å². The van der Waals surface area contributed by atoms with Crippen LogP contribution in [0.25, 0.3) is 0 Å². The van der Waals surface area contributed by atoms with Crippen molar-refractivity contribution in [3.05, 3.63) is 53.9 Å². The highest BCUT2D eigenvalue weighted by atomic mass is 14.8. The molecular weight excluding hydrogens is 196 g/mol. The monoisotopic (exact) mass is 212 g/mol. The van der Waals surface area contributed by atoms with E-state index in [4.69, 9.17) is 0 Å². The van der Waals surface area contributed by atoms with Crippen LogP contribution in [0.5, 0.6) is 0 Å². The van der Waals surface area contributed by atoms with Gasteiger partial charge in [-0.1, -0.05) is 26.0 Å². The zero-order valence-corrected chi connectivity index (χ0v) is 9.64. The first kappa shape index (κ1) is 10.7. The van der Waals surface area contributed by atoms with E-state index in [9.17, 15) is 0 Å². The van der Waals surface area contributed by atoms with Crippen molar-refractivity contribution in [1.82, 2.24) is 4.98 Å². The van der Waals surface area contributed by atoms with E-state index in [2.05, 4.69) is 48.1 Å². The fourth-order valence-electron chi connectivity index (χ4n) is 1.51. The lowest BCUT2D eigenvalue weighted by molar-refractivity contribution is 0.867. The van der Waals surface area contributed by atoms with E-state index in [-0.39, 0.29) is 0 Å². The second kappa shape index (κ2) is 4.79. The van der Waals surface area contributed by atoms with Gasteiger partial charge in [0.15, 0.2) is 0 Å². The minimum Gasteiger partial charge on any atom is -0.360 e. The molecule has 1 aromatic carbocycles. The van der Waals surface area contributed by atoms with Crippen LogP contribution in [-0.2, 0) is 0 Å². The Bertz CT molecular complexity index is 450. The summed E-state index contributed by atoms with van der Waals surface area (Å²) in [6.07, 6.45) is 3.73. The van der Waals surface area contributed by atoms with Gasteiger partial charge < -0.3 is 4.98 Å². The van der Waals surface area contributed by atoms with Crippen LogP contribution in [0.3, 0.4) is 0 Å². The van der Waals surface area contributed by atoms with Gasteiger partial charge in [0.2, 0.25) is 0 Å². The van der Waals surface area contributed by atoms with E-state index in [1.165, 1.54) is 5.56 Å². The number of nitrogens with one attached hydrogen (secondary N) is 1. The summed E-state index contributed by atoms with van der Waals surface area (Å²) in [5, 5.41) is 0. The van der Waals surface area contributed by atoms with E-state index in [1.807, 2.05) is 24.5 Å². The van der Waals surface area contributed by atoms with Crippen molar-refractivity contribution in [2.24, 2.45) is 4.99 Å². The van der Waals surface area contributed by atoms with Gasteiger partial charge in [0, 0.05) is 6.20 Å². The molecule has 0 atom stereocenters. The molecule has 1 N–H and O–H groups in total. The van der Waals surface area contributed by atoms with Crippen LogP contribution in [0, 0.1) is 0 Å². The first-order chi connectivity index (χ1) is 7.75. The quantitative estimate of drug-likeness (QED) is 0.748. The summed E-state index contributed by atoms with van der Waals surface area (Å²) in [4.78, 5) is 7.48. The van der Waals surface area contributed by atoms with Gasteiger partial charge in [0.25, 0.3) is 0 Å². The number of nitrogens with zero attached hydrogens (tertiary/aromatic N) is 1. The number of hydrogen-bond acceptors (Lipinski definition) is 1. The van der Waals surface area contributed by atoms with Crippen molar-refractivity contribution < 1.29 is 0 Å². The number of H-pyrrole nitrogens is 1. The summed E-state index contributed by atoms with van der Waals surface area (Å²) in [5.74, 6) is 0.571. The molecule has 0 amide bonds. The van der Waals surface area contributed by atoms with Crippen molar-refractivity contribution >= 4 is 11.9 Å². The molecule has 0 aliphatic carbocycles. The normalized spacial score (nSPS) is 11.4. The smallest absolute Gasteiger partial charge is 0.0630 e. The molecule has 82 valence electrons. The Morgan fingerprint density at radius 3 is 2.44 bits per heavy atom. The molecule has 1 heterocycles. The number of aromatic nitrogens is 1. The van der Waals surface area contributed by atoms with E-state index in [0.717, 1.165) is 11.4 Å². The molecule has 0 saturated heterocycles. The summed E-state index contributed by atoms with van der Waals surface area (Å²) in [7, 11) is 0. The van der Waals surface area contributed by atoms with Gasteiger partial charge in [-0.15, -0.1) is 0 Å². The summed E-state index contributed by atoms with van der Waals surface area (Å²) >= 11 is 0. The third-order valence-electron chi connectivity index (χ3n) is 2.53. The first-order valence-electron chi connectivity index (χ1n) is 5.53. The molecule has 2 nitrogen and oxygen atoms in total. The lowest BCUT2D eigenvalue weighted by Gasteiger charge is -2.04. The standard InChI is InChI=1S/C14H16N2/c1-11(2)12-5-7-13(8-6-12)16-10-14-4-3-9-15-14/h3-11,15H,1-2H3. The molecule has 2 aromatic rings. The SMILES string of the molecule is CC(C)c1ccc(N=Cc2ccc[nH]2)cc1. The zero-order chi connectivity index (χ0) is 11.4. The lowest BCUT2D eigenvalue weighted by atomic mass is 10.0. The Balaban J connectivity index is 2.11. The summed E-state index contributed by atoms with van der Waals surface area (Å²) in [5.41, 5.74) is 3.35. The minimum atomic E-state index is 0.571. The average molecular weight is 212 g/mol. The molecule has 0 fully saturated rings. The van der Waals surface area contributed by atoms with Crippen molar-refractivity contribution in [3.63, 3.8) is 0 Å². The second-order valence-corrected chi connectivity index (χ2v) is 4.13. The average Bonchev–Trinajstić information content (AvgIpc) is 2.80. The summed E-state index contributed by atoms with van der Waals surface area (Å²) in [6, 6.07) is 12.3. The largest absolute Gasteiger partial charge is 0.360 e. The lowest BCUT2D eigenvalue weighted by Crippen LogP contribution is -1.85. The highest BCUT2D eigenvalue weighted by Gasteiger charge is 1.97. The van der Waals surface area contributed by atoms with Crippen LogP contribution in [-0.4, -0.2) is 11.2 Å². The van der Waals surface area contributed by atoms with Gasteiger partial charge in [-0.2, -0.15) is 0 Å². The Morgan fingerprint density at radius 1 is 1.12 bits per heavy atom. The van der Waals surface area contributed by atoms with Gasteiger partial charge >= 0.3 is 0 Å². The molecule has 0 aliphatic rings. The Labute approximate surface area is 96.1 Å². The molecule has 2 rings (SSSR count). The van der Waals surface area contributed by atoms with Gasteiger partial charge in [-0.3, -0.25) is 4.99 Å². The molecule has 16 heavy (non-hydrogen) atoms. The first-order valence-corrected chi connectivity index (χ1v) is 5.53. The van der Waals surface area contributed by atoms with E-state index in [1.54, 1.807) is 0 Å². The van der Waals surface area contributed by atoms with Crippen molar-refractivity contribution in [2.45, 2.75) is 19.8 Å². The molecule has 0 spiro atoms. The number of rotatable bonds is 3. The molecule has 1 aromatic heterocycles. The number of aromatic amines is 1. The van der Waals surface area contributed by atoms with Crippen LogP contribution >= 0.6 is 0 Å². The molecule has 0 radical (unpaired) electrons. The Morgan fingerprint density at radius 2 is 1.88 bits per heavy atom. The highest BCUT2D eigenvalue weighted by molar-refractivity contribution is 5.79. The van der Waals surface area contributed by atoms with Gasteiger partial charge in [-0.05, 0) is 35.7 Å². The fourth-order valence-corrected chi connectivity index (χ4v) is 1.51. The van der Waals surface area contributed by atoms with Crippen LogP contribution in [0.2, 0.25) is 0 Å². The maximum atomic E-state index is 4.39. The van der Waals surface area contributed by atoms with Crippen LogP contribution < -0.4 is 0 Å². The molecule has 0 saturated carbocycles. The maximum absolute atomic E-state index is 4.39. The van der Waals surface area contributed by atoms with Crippen molar-refractivity contribution in [1.29, 1.82) is 0 Å². The number of aliphatic imine (C=N–C) groups is 1. The number of hydrogen-bond donors (Lipinski definition) is 1. The number of benzene rings is 1. The van der Waals surface area contributed by atoms with E-state index in [0.29, 0.717) is 5.92 Å². The molecular formula is C14H16N2. The van der Waals surface area contributed by atoms with E-state index >= 15 is 0 Å². The third-order valence-corrected chi connectivity index (χ3v) is 2.53. The van der Waals surface area contributed by atoms with Gasteiger partial charge in [-0.25, -0.2) is 0 Å². The minimum absolute atomic E-state index is 0.571. The molecule has 0 aliphatic heterocycles. The summed E-state index contributed by atoms with van der Waals surface area (Å²) in [6.45, 7) is 4.38. The Kier molecular flexibility index (Phi) is 3.20. The van der Waals surface area contributed by atoms with Crippen molar-refractivity contribution in [3.8, 4) is 0 Å². The van der Waals surface area contributed by atoms with Crippen molar-refractivity contribution in [2.75, 3.05) is 0 Å². The predicted octanol–water partition coefficient (Wildman–Crippen LogP) is 3.89. The third kappa shape index (κ3) is 2.60. The second-order valence-electron chi connectivity index (χ2n) is 4.13. The Hall–Kier alpha value is -1.83. The van der Waals surface area contributed by atoms with Crippen LogP contribution in [0.4, 0.5) is 5.69 Å². The highest BCUT2D eigenvalue weighted by Crippen LogP contribution is 2.18. The van der Waals surface area contributed by atoms with E-state index < -0.39 is 0 Å². The van der Waals surface area contributed by atoms with Gasteiger partial charge in [0.1, 0.15) is 0 Å². The van der Waals surface area contributed by atoms with Crippen LogP contribution in [0.15, 0.2) is 47.6 Å². The molecule has 2 heteroatoms. The topological polar surface area (TPSA) is 28.1 Å². The zero-order valence-electron chi connectivity index (χ0n) is 9.64. The fraction of sp³-hybridized carbons (Fsp3) is 0.214. The molecule has 0 unspecified atom stereocenters. The summed E-state index contributed by atoms with van der Waals surface area (Å²) < 4.78 is 0. The molecule has 0 bridgehead atoms. The van der Waals surface area contributed by atoms with Crippen LogP contribution in [0.1, 0.15) is 31.0 Å².